The number of aliphatic hydroxyl groups is 1. The van der Waals surface area contributed by atoms with Crippen LogP contribution in [0.25, 0.3) is 0 Å². The summed E-state index contributed by atoms with van der Waals surface area (Å²) in [6, 6.07) is 10.4. The molecule has 276 valence electrons. The van der Waals surface area contributed by atoms with Crippen LogP contribution in [-0.4, -0.2) is 114 Å². The van der Waals surface area contributed by atoms with Crippen molar-refractivity contribution in [3.05, 3.63) is 76.3 Å². The number of likely N-dealkylation sites (tertiary alicyclic amines) is 1. The van der Waals surface area contributed by atoms with Gasteiger partial charge in [0.15, 0.2) is 11.3 Å². The Labute approximate surface area is 298 Å². The maximum absolute atomic E-state index is 15.5. The molecule has 2 amide bonds. The number of β-amino-alcohol motifs (C(OH)–C–C–N with tert-alkyl or cyclic N) is 1. The van der Waals surface area contributed by atoms with Crippen LogP contribution in [0.2, 0.25) is 5.02 Å². The lowest BCUT2D eigenvalue weighted by atomic mass is 9.80. The molecule has 0 bridgehead atoms. The number of fused-ring (bicyclic) bond motifs is 1. The molecule has 1 saturated heterocycles. The van der Waals surface area contributed by atoms with Crippen molar-refractivity contribution in [2.45, 2.75) is 42.3 Å². The number of sulfonamides is 1. The van der Waals surface area contributed by atoms with Crippen LogP contribution in [0.15, 0.2) is 59.5 Å². The van der Waals surface area contributed by atoms with E-state index in [1.54, 1.807) is 32.2 Å². The monoisotopic (exact) mass is 754 g/mol. The molecule has 3 aromatic carbocycles. The summed E-state index contributed by atoms with van der Waals surface area (Å²) in [7, 11) is 2.54. The third-order valence-corrected chi connectivity index (χ3v) is 10.9. The number of anilines is 1. The Bertz CT molecular complexity index is 1950. The molecule has 0 aromatic heterocycles. The predicted octanol–water partition coefficient (Wildman–Crippen LogP) is 4.00. The molecule has 3 aromatic rings. The second kappa shape index (κ2) is 14.1. The average Bonchev–Trinajstić information content (AvgIpc) is 3.56. The molecule has 12 nitrogen and oxygen atoms in total. The van der Waals surface area contributed by atoms with Crippen LogP contribution in [-0.2, 0) is 25.2 Å². The van der Waals surface area contributed by atoms with Gasteiger partial charge in [0, 0.05) is 48.9 Å². The molecule has 51 heavy (non-hydrogen) atoms. The summed E-state index contributed by atoms with van der Waals surface area (Å²) >= 11 is 6.54. The summed E-state index contributed by atoms with van der Waals surface area (Å²) in [5.74, 6) is -2.76. The number of hydrogen-bond donors (Lipinski definition) is 1. The van der Waals surface area contributed by atoms with Gasteiger partial charge >= 0.3 is 6.36 Å². The lowest BCUT2D eigenvalue weighted by molar-refractivity contribution is -0.275. The number of likely N-dealkylation sites (N-methyl/N-ethyl adjacent to an activating group) is 2. The number of rotatable bonds is 11. The van der Waals surface area contributed by atoms with Gasteiger partial charge in [-0.2, -0.15) is 0 Å². The maximum atomic E-state index is 15.5. The van der Waals surface area contributed by atoms with Crippen LogP contribution in [0.5, 0.6) is 17.2 Å². The van der Waals surface area contributed by atoms with E-state index in [-0.39, 0.29) is 46.3 Å². The Balaban J connectivity index is 1.82. The van der Waals surface area contributed by atoms with Gasteiger partial charge < -0.3 is 29.1 Å². The standard InChI is InChI=1S/C34H38ClF3N4O8S/c1-20-7-11-28(49-6)25(15-20)33(41-19-22(43)17-27(41)31(44)40(4)14-13-39(2)3)24-16-21(35)8-10-26(24)42(32(33)45)51(46,47)30-12-9-23(48-5)18-29(30)50-34(36,37)38/h7-12,15-16,18,22,27,43H,13-14,17,19H2,1-6H3/t22-,27+,33?/m1/s1. The molecular formula is C34H38ClF3N4O8S. The Hall–Kier alpha value is -4.09. The Morgan fingerprint density at radius 1 is 1.00 bits per heavy atom. The minimum absolute atomic E-state index is 0.00196. The average molecular weight is 755 g/mol. The van der Waals surface area contributed by atoms with Crippen molar-refractivity contribution in [2.24, 2.45) is 0 Å². The maximum Gasteiger partial charge on any atom is 0.573 e. The van der Waals surface area contributed by atoms with E-state index in [1.165, 1.54) is 42.2 Å². The predicted molar refractivity (Wildman–Crippen MR) is 182 cm³/mol. The van der Waals surface area contributed by atoms with Gasteiger partial charge in [-0.3, -0.25) is 14.5 Å². The van der Waals surface area contributed by atoms with Crippen molar-refractivity contribution >= 4 is 39.1 Å². The molecule has 0 saturated carbocycles. The minimum Gasteiger partial charge on any atom is -0.497 e. The molecule has 17 heteroatoms. The fourth-order valence-corrected chi connectivity index (χ4v) is 8.38. The lowest BCUT2D eigenvalue weighted by Gasteiger charge is -2.42. The number of ether oxygens (including phenoxy) is 3. The molecule has 2 heterocycles. The molecular weight excluding hydrogens is 717 g/mol. The van der Waals surface area contributed by atoms with Crippen molar-refractivity contribution in [3.8, 4) is 17.2 Å². The smallest absolute Gasteiger partial charge is 0.497 e. The van der Waals surface area contributed by atoms with E-state index in [9.17, 15) is 31.5 Å². The molecule has 1 fully saturated rings. The summed E-state index contributed by atoms with van der Waals surface area (Å²) in [6.45, 7) is 2.26. The van der Waals surface area contributed by atoms with Crippen molar-refractivity contribution in [1.29, 1.82) is 0 Å². The van der Waals surface area contributed by atoms with Gasteiger partial charge in [0.2, 0.25) is 5.91 Å². The SMILES string of the molecule is COc1ccc(S(=O)(=O)N2C(=O)C(c3cc(C)ccc3OC)(N3C[C@H](O)C[C@H]3C(=O)N(C)CCN(C)C)c3cc(Cl)ccc32)c(OC(F)(F)F)c1. The van der Waals surface area contributed by atoms with E-state index in [0.29, 0.717) is 23.0 Å². The largest absolute Gasteiger partial charge is 0.573 e. The molecule has 2 aliphatic heterocycles. The van der Waals surface area contributed by atoms with E-state index in [0.717, 1.165) is 18.2 Å². The van der Waals surface area contributed by atoms with E-state index >= 15 is 4.79 Å². The molecule has 3 atom stereocenters. The molecule has 2 aliphatic rings. The highest BCUT2D eigenvalue weighted by Crippen LogP contribution is 2.55. The molecule has 5 rings (SSSR count). The minimum atomic E-state index is -5.31. The second-order valence-electron chi connectivity index (χ2n) is 12.6. The summed E-state index contributed by atoms with van der Waals surface area (Å²) in [4.78, 5) is 33.5. The molecule has 0 radical (unpaired) electrons. The molecule has 1 unspecified atom stereocenters. The van der Waals surface area contributed by atoms with Gasteiger partial charge in [-0.05, 0) is 69.9 Å². The van der Waals surface area contributed by atoms with Crippen LogP contribution >= 0.6 is 11.6 Å². The van der Waals surface area contributed by atoms with Crippen LogP contribution < -0.4 is 18.5 Å². The first-order valence-corrected chi connectivity index (χ1v) is 17.5. The molecule has 1 N–H and O–H groups in total. The lowest BCUT2D eigenvalue weighted by Crippen LogP contribution is -2.59. The van der Waals surface area contributed by atoms with Gasteiger partial charge in [-0.15, -0.1) is 13.2 Å². The number of aliphatic hydroxyl groups excluding tert-OH is 1. The number of carbonyl (C=O) groups is 2. The molecule has 0 spiro atoms. The second-order valence-corrected chi connectivity index (χ2v) is 14.8. The number of amides is 2. The van der Waals surface area contributed by atoms with Crippen LogP contribution in [0.3, 0.4) is 0 Å². The first-order chi connectivity index (χ1) is 23.9. The Morgan fingerprint density at radius 3 is 2.33 bits per heavy atom. The van der Waals surface area contributed by atoms with Gasteiger partial charge in [-0.25, -0.2) is 12.7 Å². The first kappa shape index (κ1) is 38.1. The number of halogens is 4. The van der Waals surface area contributed by atoms with Crippen molar-refractivity contribution in [2.75, 3.05) is 59.3 Å². The quantitative estimate of drug-likeness (QED) is 0.307. The fourth-order valence-electron chi connectivity index (χ4n) is 6.65. The number of nitrogens with zero attached hydrogens (tertiary/aromatic N) is 4. The zero-order chi connectivity index (χ0) is 37.6. The summed E-state index contributed by atoms with van der Waals surface area (Å²) in [5.41, 5.74) is -1.69. The Kier molecular flexibility index (Phi) is 10.6. The van der Waals surface area contributed by atoms with Crippen molar-refractivity contribution in [3.63, 3.8) is 0 Å². The van der Waals surface area contributed by atoms with Gasteiger partial charge in [0.25, 0.3) is 15.9 Å². The van der Waals surface area contributed by atoms with E-state index in [1.807, 2.05) is 19.0 Å². The number of hydrogen-bond acceptors (Lipinski definition) is 10. The van der Waals surface area contributed by atoms with E-state index in [2.05, 4.69) is 4.74 Å². The topological polar surface area (TPSA) is 129 Å². The van der Waals surface area contributed by atoms with Crippen molar-refractivity contribution in [1.82, 2.24) is 14.7 Å². The third kappa shape index (κ3) is 6.94. The van der Waals surface area contributed by atoms with Gasteiger partial charge in [0.05, 0.1) is 32.1 Å². The fraction of sp³-hybridized carbons (Fsp3) is 0.412. The zero-order valence-corrected chi connectivity index (χ0v) is 30.3. The highest BCUT2D eigenvalue weighted by atomic mass is 35.5. The Morgan fingerprint density at radius 2 is 1.71 bits per heavy atom. The normalized spacial score (nSPS) is 20.9. The van der Waals surface area contributed by atoms with Crippen LogP contribution in [0.4, 0.5) is 18.9 Å². The highest BCUT2D eigenvalue weighted by molar-refractivity contribution is 7.93. The number of alkyl halides is 3. The van der Waals surface area contributed by atoms with Gasteiger partial charge in [0.1, 0.15) is 16.4 Å². The van der Waals surface area contributed by atoms with Crippen LogP contribution in [0.1, 0.15) is 23.1 Å². The molecule has 0 aliphatic carbocycles. The summed E-state index contributed by atoms with van der Waals surface area (Å²) < 4.78 is 85.6. The number of aryl methyl sites for hydroxylation is 1. The van der Waals surface area contributed by atoms with Crippen LogP contribution in [0, 0.1) is 6.92 Å². The summed E-state index contributed by atoms with van der Waals surface area (Å²) in [6.07, 6.45) is -6.56. The first-order valence-electron chi connectivity index (χ1n) is 15.7. The van der Waals surface area contributed by atoms with E-state index in [4.69, 9.17) is 21.1 Å². The highest BCUT2D eigenvalue weighted by Gasteiger charge is 2.64. The number of benzene rings is 3. The number of carbonyl (C=O) groups excluding carboxylic acids is 2. The summed E-state index contributed by atoms with van der Waals surface area (Å²) in [5, 5.41) is 11.2. The van der Waals surface area contributed by atoms with Gasteiger partial charge in [-0.1, -0.05) is 23.2 Å². The van der Waals surface area contributed by atoms with Crippen molar-refractivity contribution < 1.29 is 50.5 Å². The van der Waals surface area contributed by atoms with E-state index < -0.39 is 56.5 Å². The zero-order valence-electron chi connectivity index (χ0n) is 28.7. The number of methoxy groups -OCH3 is 2. The third-order valence-electron chi connectivity index (χ3n) is 8.95.